The third kappa shape index (κ3) is 2.04. The SMILES string of the molecule is OC1CCOC(c2cccc3cnccc23)C1. The predicted molar refractivity (Wildman–Crippen MR) is 65.7 cm³/mol. The van der Waals surface area contributed by atoms with Gasteiger partial charge in [-0.2, -0.15) is 0 Å². The van der Waals surface area contributed by atoms with Gasteiger partial charge in [0.25, 0.3) is 0 Å². The van der Waals surface area contributed by atoms with Crippen molar-refractivity contribution < 1.29 is 9.84 Å². The van der Waals surface area contributed by atoms with Crippen molar-refractivity contribution >= 4 is 10.8 Å². The highest BCUT2D eigenvalue weighted by Gasteiger charge is 2.23. The first-order chi connectivity index (χ1) is 8.34. The Morgan fingerprint density at radius 1 is 1.29 bits per heavy atom. The quantitative estimate of drug-likeness (QED) is 0.816. The molecular weight excluding hydrogens is 214 g/mol. The van der Waals surface area contributed by atoms with E-state index in [0.717, 1.165) is 17.4 Å². The van der Waals surface area contributed by atoms with E-state index >= 15 is 0 Å². The van der Waals surface area contributed by atoms with Crippen molar-refractivity contribution in [3.63, 3.8) is 0 Å². The molecule has 3 rings (SSSR count). The molecule has 3 heteroatoms. The number of benzene rings is 1. The van der Waals surface area contributed by atoms with Crippen LogP contribution in [0.3, 0.4) is 0 Å². The zero-order valence-electron chi connectivity index (χ0n) is 9.54. The van der Waals surface area contributed by atoms with E-state index in [2.05, 4.69) is 11.1 Å². The summed E-state index contributed by atoms with van der Waals surface area (Å²) in [6.45, 7) is 0.632. The topological polar surface area (TPSA) is 42.4 Å². The molecule has 1 aliphatic heterocycles. The molecule has 0 radical (unpaired) electrons. The Balaban J connectivity index is 2.04. The van der Waals surface area contributed by atoms with Gasteiger partial charge in [-0.25, -0.2) is 0 Å². The number of aromatic nitrogens is 1. The first-order valence-electron chi connectivity index (χ1n) is 5.97. The zero-order chi connectivity index (χ0) is 11.7. The van der Waals surface area contributed by atoms with Crippen molar-refractivity contribution in [3.05, 3.63) is 42.2 Å². The van der Waals surface area contributed by atoms with Gasteiger partial charge >= 0.3 is 0 Å². The standard InChI is InChI=1S/C14H15NO2/c16-11-5-7-17-14(8-11)13-3-1-2-10-9-15-6-4-12(10)13/h1-4,6,9,11,14,16H,5,7-8H2. The summed E-state index contributed by atoms with van der Waals surface area (Å²) < 4.78 is 5.76. The number of aliphatic hydroxyl groups is 1. The first kappa shape index (κ1) is 10.7. The maximum atomic E-state index is 9.72. The van der Waals surface area contributed by atoms with Crippen LogP contribution in [0, 0.1) is 0 Å². The molecule has 2 atom stereocenters. The third-order valence-corrected chi connectivity index (χ3v) is 3.32. The van der Waals surface area contributed by atoms with Gasteiger partial charge < -0.3 is 9.84 Å². The third-order valence-electron chi connectivity index (χ3n) is 3.32. The molecule has 17 heavy (non-hydrogen) atoms. The normalized spacial score (nSPS) is 25.0. The number of pyridine rings is 1. The van der Waals surface area contributed by atoms with Gasteiger partial charge in [0.1, 0.15) is 0 Å². The van der Waals surface area contributed by atoms with Gasteiger partial charge in [-0.3, -0.25) is 4.98 Å². The Morgan fingerprint density at radius 2 is 2.24 bits per heavy atom. The van der Waals surface area contributed by atoms with Crippen LogP contribution in [0.1, 0.15) is 24.5 Å². The summed E-state index contributed by atoms with van der Waals surface area (Å²) in [4.78, 5) is 4.12. The molecule has 0 bridgehead atoms. The molecule has 0 saturated carbocycles. The van der Waals surface area contributed by atoms with Gasteiger partial charge in [0.05, 0.1) is 12.2 Å². The van der Waals surface area contributed by atoms with Crippen LogP contribution in [-0.4, -0.2) is 22.8 Å². The predicted octanol–water partition coefficient (Wildman–Crippen LogP) is 2.45. The molecule has 2 unspecified atom stereocenters. The van der Waals surface area contributed by atoms with Crippen molar-refractivity contribution in [1.82, 2.24) is 4.98 Å². The van der Waals surface area contributed by atoms with Gasteiger partial charge in [-0.15, -0.1) is 0 Å². The average Bonchev–Trinajstić information content (AvgIpc) is 2.38. The summed E-state index contributed by atoms with van der Waals surface area (Å²) in [5.74, 6) is 0. The summed E-state index contributed by atoms with van der Waals surface area (Å²) in [6, 6.07) is 8.15. The zero-order valence-corrected chi connectivity index (χ0v) is 9.54. The molecule has 0 spiro atoms. The van der Waals surface area contributed by atoms with Crippen LogP contribution in [0.5, 0.6) is 0 Å². The van der Waals surface area contributed by atoms with Crippen molar-refractivity contribution in [2.75, 3.05) is 6.61 Å². The molecule has 0 amide bonds. The molecule has 88 valence electrons. The van der Waals surface area contributed by atoms with Crippen molar-refractivity contribution in [3.8, 4) is 0 Å². The summed E-state index contributed by atoms with van der Waals surface area (Å²) in [5, 5.41) is 12.0. The van der Waals surface area contributed by atoms with Gasteiger partial charge in [-0.05, 0) is 23.4 Å². The van der Waals surface area contributed by atoms with E-state index < -0.39 is 0 Å². The number of nitrogens with zero attached hydrogens (tertiary/aromatic N) is 1. The van der Waals surface area contributed by atoms with Crippen molar-refractivity contribution in [1.29, 1.82) is 0 Å². The number of fused-ring (bicyclic) bond motifs is 1. The van der Waals surface area contributed by atoms with Gasteiger partial charge in [0.2, 0.25) is 0 Å². The van der Waals surface area contributed by atoms with Crippen LogP contribution in [0.25, 0.3) is 10.8 Å². The lowest BCUT2D eigenvalue weighted by Gasteiger charge is -2.27. The molecule has 1 aromatic carbocycles. The minimum absolute atomic E-state index is 0.00449. The number of rotatable bonds is 1. The van der Waals surface area contributed by atoms with Crippen LogP contribution in [0.4, 0.5) is 0 Å². The van der Waals surface area contributed by atoms with Crippen LogP contribution in [0.2, 0.25) is 0 Å². The minimum Gasteiger partial charge on any atom is -0.393 e. The fourth-order valence-corrected chi connectivity index (χ4v) is 2.42. The summed E-state index contributed by atoms with van der Waals surface area (Å²) in [5.41, 5.74) is 1.16. The fraction of sp³-hybridized carbons (Fsp3) is 0.357. The molecule has 0 aliphatic carbocycles. The molecule has 3 nitrogen and oxygen atoms in total. The van der Waals surface area contributed by atoms with Crippen molar-refractivity contribution in [2.45, 2.75) is 25.0 Å². The van der Waals surface area contributed by atoms with Gasteiger partial charge in [-0.1, -0.05) is 18.2 Å². The lowest BCUT2D eigenvalue weighted by molar-refractivity contribution is -0.0441. The summed E-state index contributed by atoms with van der Waals surface area (Å²) in [6.07, 6.45) is 4.84. The Kier molecular flexibility index (Phi) is 2.79. The van der Waals surface area contributed by atoms with Crippen LogP contribution in [0.15, 0.2) is 36.7 Å². The molecule has 1 saturated heterocycles. The molecule has 1 aromatic heterocycles. The minimum atomic E-state index is -0.245. The van der Waals surface area contributed by atoms with E-state index in [1.165, 1.54) is 5.39 Å². The Bertz CT molecular complexity index is 521. The Labute approximate surface area is 100 Å². The second kappa shape index (κ2) is 4.43. The fourth-order valence-electron chi connectivity index (χ4n) is 2.42. The van der Waals surface area contributed by atoms with E-state index in [1.807, 2.05) is 24.4 Å². The monoisotopic (exact) mass is 229 g/mol. The van der Waals surface area contributed by atoms with Crippen LogP contribution in [-0.2, 0) is 4.74 Å². The molecular formula is C14H15NO2. The van der Waals surface area contributed by atoms with E-state index in [1.54, 1.807) is 6.20 Å². The van der Waals surface area contributed by atoms with E-state index in [0.29, 0.717) is 13.0 Å². The van der Waals surface area contributed by atoms with E-state index in [4.69, 9.17) is 4.74 Å². The van der Waals surface area contributed by atoms with Crippen LogP contribution < -0.4 is 0 Å². The molecule has 1 N–H and O–H groups in total. The number of hydrogen-bond acceptors (Lipinski definition) is 3. The molecule has 1 aliphatic rings. The first-order valence-corrected chi connectivity index (χ1v) is 5.97. The Morgan fingerprint density at radius 3 is 3.12 bits per heavy atom. The van der Waals surface area contributed by atoms with Gasteiger partial charge in [0.15, 0.2) is 0 Å². The summed E-state index contributed by atoms with van der Waals surface area (Å²) in [7, 11) is 0. The molecule has 2 heterocycles. The van der Waals surface area contributed by atoms with Crippen LogP contribution >= 0.6 is 0 Å². The second-order valence-corrected chi connectivity index (χ2v) is 4.48. The van der Waals surface area contributed by atoms with E-state index in [-0.39, 0.29) is 12.2 Å². The number of hydrogen-bond donors (Lipinski definition) is 1. The largest absolute Gasteiger partial charge is 0.393 e. The summed E-state index contributed by atoms with van der Waals surface area (Å²) >= 11 is 0. The van der Waals surface area contributed by atoms with E-state index in [9.17, 15) is 5.11 Å². The lowest BCUT2D eigenvalue weighted by Crippen LogP contribution is -2.23. The average molecular weight is 229 g/mol. The number of ether oxygens (including phenoxy) is 1. The maximum Gasteiger partial charge on any atom is 0.0855 e. The Hall–Kier alpha value is -1.45. The molecule has 2 aromatic rings. The molecule has 1 fully saturated rings. The van der Waals surface area contributed by atoms with Crippen molar-refractivity contribution in [2.24, 2.45) is 0 Å². The highest BCUT2D eigenvalue weighted by atomic mass is 16.5. The van der Waals surface area contributed by atoms with Gasteiger partial charge in [0, 0.05) is 30.8 Å². The second-order valence-electron chi connectivity index (χ2n) is 4.48. The highest BCUT2D eigenvalue weighted by molar-refractivity contribution is 5.85. The highest BCUT2D eigenvalue weighted by Crippen LogP contribution is 2.32. The number of aliphatic hydroxyl groups excluding tert-OH is 1. The lowest BCUT2D eigenvalue weighted by atomic mass is 9.95. The smallest absolute Gasteiger partial charge is 0.0855 e. The maximum absolute atomic E-state index is 9.72.